The predicted octanol–water partition coefficient (Wildman–Crippen LogP) is 4.06. The molecule has 1 saturated heterocycles. The fourth-order valence-electron chi connectivity index (χ4n) is 2.63. The van der Waals surface area contributed by atoms with Gasteiger partial charge in [-0.2, -0.15) is 0 Å². The van der Waals surface area contributed by atoms with Crippen LogP contribution in [-0.2, 0) is 4.74 Å². The average Bonchev–Trinajstić information content (AvgIpc) is 3.01. The first-order valence-electron chi connectivity index (χ1n) is 7.68. The van der Waals surface area contributed by atoms with E-state index in [0.717, 1.165) is 15.5 Å². The Balaban J connectivity index is 1.38. The third-order valence-electron chi connectivity index (χ3n) is 3.98. The number of fused-ring (bicyclic) bond motifs is 1. The van der Waals surface area contributed by atoms with Crippen LogP contribution >= 0.6 is 23.1 Å². The first-order valence-corrected chi connectivity index (χ1v) is 9.72. The molecule has 2 aromatic carbocycles. The average molecular weight is 356 g/mol. The highest BCUT2D eigenvalue weighted by atomic mass is 32.2. The molecule has 0 unspecified atom stereocenters. The number of thiazole rings is 1. The largest absolute Gasteiger partial charge is 0.455 e. The standard InChI is InChI=1S/C18H16N2O2S2/c1-23-14-6-4-5-12(9-14)17(21)22-13-10-20(11-13)18-19-15-7-2-3-8-16(15)24-18/h2-9,13H,10-11H2,1H3. The minimum absolute atomic E-state index is 0.0672. The van der Waals surface area contributed by atoms with Gasteiger partial charge in [-0.05, 0) is 36.6 Å². The van der Waals surface area contributed by atoms with Gasteiger partial charge in [0.2, 0.25) is 0 Å². The topological polar surface area (TPSA) is 42.4 Å². The van der Waals surface area contributed by atoms with Gasteiger partial charge in [-0.25, -0.2) is 9.78 Å². The van der Waals surface area contributed by atoms with Crippen molar-refractivity contribution in [2.75, 3.05) is 24.2 Å². The lowest BCUT2D eigenvalue weighted by atomic mass is 10.2. The van der Waals surface area contributed by atoms with Crippen LogP contribution < -0.4 is 4.90 Å². The molecule has 1 fully saturated rings. The Labute approximate surface area is 148 Å². The molecule has 0 aliphatic carbocycles. The van der Waals surface area contributed by atoms with Gasteiger partial charge in [0.15, 0.2) is 5.13 Å². The number of hydrogen-bond donors (Lipinski definition) is 0. The number of anilines is 1. The van der Waals surface area contributed by atoms with Crippen LogP contribution in [0.5, 0.6) is 0 Å². The summed E-state index contributed by atoms with van der Waals surface area (Å²) in [5.74, 6) is -0.250. The minimum Gasteiger partial charge on any atom is -0.455 e. The number of benzene rings is 2. The van der Waals surface area contributed by atoms with Gasteiger partial charge >= 0.3 is 5.97 Å². The van der Waals surface area contributed by atoms with Crippen LogP contribution in [-0.4, -0.2) is 36.4 Å². The normalized spacial score (nSPS) is 14.6. The van der Waals surface area contributed by atoms with E-state index in [-0.39, 0.29) is 12.1 Å². The van der Waals surface area contributed by atoms with Gasteiger partial charge in [-0.15, -0.1) is 11.8 Å². The maximum absolute atomic E-state index is 12.2. The highest BCUT2D eigenvalue weighted by molar-refractivity contribution is 7.98. The summed E-state index contributed by atoms with van der Waals surface area (Å²) in [6.45, 7) is 1.40. The fraction of sp³-hybridized carbons (Fsp3) is 0.222. The van der Waals surface area contributed by atoms with Gasteiger partial charge in [-0.1, -0.05) is 29.5 Å². The summed E-state index contributed by atoms with van der Waals surface area (Å²) < 4.78 is 6.77. The van der Waals surface area contributed by atoms with Gasteiger partial charge in [0.05, 0.1) is 28.9 Å². The molecule has 2 heterocycles. The second-order valence-electron chi connectivity index (χ2n) is 5.63. The molecule has 24 heavy (non-hydrogen) atoms. The molecule has 0 amide bonds. The maximum atomic E-state index is 12.2. The molecule has 0 atom stereocenters. The number of hydrogen-bond acceptors (Lipinski definition) is 6. The van der Waals surface area contributed by atoms with Gasteiger partial charge in [0, 0.05) is 4.90 Å². The Bertz CT molecular complexity index is 854. The lowest BCUT2D eigenvalue weighted by molar-refractivity contribution is 0.0234. The van der Waals surface area contributed by atoms with E-state index in [9.17, 15) is 4.79 Å². The van der Waals surface area contributed by atoms with Crippen LogP contribution in [0.1, 0.15) is 10.4 Å². The number of thioether (sulfide) groups is 1. The van der Waals surface area contributed by atoms with Crippen molar-refractivity contribution >= 4 is 44.4 Å². The Hall–Kier alpha value is -2.05. The van der Waals surface area contributed by atoms with Crippen molar-refractivity contribution in [2.45, 2.75) is 11.0 Å². The summed E-state index contributed by atoms with van der Waals surface area (Å²) in [7, 11) is 0. The summed E-state index contributed by atoms with van der Waals surface area (Å²) in [6.07, 6.45) is 1.93. The van der Waals surface area contributed by atoms with Crippen molar-refractivity contribution in [3.8, 4) is 0 Å². The fourth-order valence-corrected chi connectivity index (χ4v) is 4.08. The lowest BCUT2D eigenvalue weighted by Crippen LogP contribution is -2.53. The van der Waals surface area contributed by atoms with Crippen LogP contribution in [0, 0.1) is 0 Å². The van der Waals surface area contributed by atoms with Crippen molar-refractivity contribution in [3.05, 3.63) is 54.1 Å². The molecular weight excluding hydrogens is 340 g/mol. The Kier molecular flexibility index (Phi) is 4.16. The van der Waals surface area contributed by atoms with E-state index in [2.05, 4.69) is 16.0 Å². The maximum Gasteiger partial charge on any atom is 0.338 e. The van der Waals surface area contributed by atoms with E-state index in [1.807, 2.05) is 42.7 Å². The van der Waals surface area contributed by atoms with Crippen LogP contribution in [0.15, 0.2) is 53.4 Å². The summed E-state index contributed by atoms with van der Waals surface area (Å²) in [6, 6.07) is 15.7. The molecule has 3 aromatic rings. The molecule has 6 heteroatoms. The van der Waals surface area contributed by atoms with Crippen molar-refractivity contribution in [1.82, 2.24) is 4.98 Å². The smallest absolute Gasteiger partial charge is 0.338 e. The van der Waals surface area contributed by atoms with Crippen LogP contribution in [0.4, 0.5) is 5.13 Å². The SMILES string of the molecule is CSc1cccc(C(=O)OC2CN(c3nc4ccccc4s3)C2)c1. The lowest BCUT2D eigenvalue weighted by Gasteiger charge is -2.38. The van der Waals surface area contributed by atoms with Crippen molar-refractivity contribution in [3.63, 3.8) is 0 Å². The zero-order valence-corrected chi connectivity index (χ0v) is 14.8. The molecule has 0 radical (unpaired) electrons. The first-order chi connectivity index (χ1) is 11.7. The summed E-state index contributed by atoms with van der Waals surface area (Å²) in [4.78, 5) is 20.1. The van der Waals surface area contributed by atoms with E-state index >= 15 is 0 Å². The Morgan fingerprint density at radius 2 is 2.08 bits per heavy atom. The number of para-hydroxylation sites is 1. The zero-order valence-electron chi connectivity index (χ0n) is 13.1. The minimum atomic E-state index is -0.250. The molecular formula is C18H16N2O2S2. The highest BCUT2D eigenvalue weighted by Gasteiger charge is 2.32. The zero-order chi connectivity index (χ0) is 16.5. The summed E-state index contributed by atoms with van der Waals surface area (Å²) >= 11 is 3.29. The number of carbonyl (C=O) groups is 1. The number of aromatic nitrogens is 1. The number of ether oxygens (including phenoxy) is 1. The summed E-state index contributed by atoms with van der Waals surface area (Å²) in [5, 5.41) is 0.993. The molecule has 0 spiro atoms. The Morgan fingerprint density at radius 3 is 2.88 bits per heavy atom. The van der Waals surface area contributed by atoms with Gasteiger partial charge in [-0.3, -0.25) is 0 Å². The quantitative estimate of drug-likeness (QED) is 0.521. The Morgan fingerprint density at radius 1 is 1.25 bits per heavy atom. The van der Waals surface area contributed by atoms with Crippen molar-refractivity contribution < 1.29 is 9.53 Å². The highest BCUT2D eigenvalue weighted by Crippen LogP contribution is 2.32. The van der Waals surface area contributed by atoms with Gasteiger partial charge in [0.1, 0.15) is 6.10 Å². The van der Waals surface area contributed by atoms with Crippen molar-refractivity contribution in [2.24, 2.45) is 0 Å². The molecule has 1 aliphatic heterocycles. The van der Waals surface area contributed by atoms with E-state index < -0.39 is 0 Å². The molecule has 0 N–H and O–H groups in total. The third kappa shape index (κ3) is 2.99. The molecule has 0 bridgehead atoms. The van der Waals surface area contributed by atoms with E-state index in [1.54, 1.807) is 29.2 Å². The second kappa shape index (κ2) is 6.45. The third-order valence-corrected chi connectivity index (χ3v) is 5.80. The van der Waals surface area contributed by atoms with E-state index in [1.165, 1.54) is 4.70 Å². The molecule has 1 aliphatic rings. The molecule has 4 rings (SSSR count). The second-order valence-corrected chi connectivity index (χ2v) is 7.52. The monoisotopic (exact) mass is 356 g/mol. The molecule has 4 nitrogen and oxygen atoms in total. The predicted molar refractivity (Wildman–Crippen MR) is 99.3 cm³/mol. The summed E-state index contributed by atoms with van der Waals surface area (Å²) in [5.41, 5.74) is 1.63. The van der Waals surface area contributed by atoms with Crippen LogP contribution in [0.25, 0.3) is 10.2 Å². The van der Waals surface area contributed by atoms with Gasteiger partial charge in [0.25, 0.3) is 0 Å². The molecule has 0 saturated carbocycles. The van der Waals surface area contributed by atoms with Crippen molar-refractivity contribution in [1.29, 1.82) is 0 Å². The van der Waals surface area contributed by atoms with E-state index in [0.29, 0.717) is 18.7 Å². The van der Waals surface area contributed by atoms with Crippen LogP contribution in [0.2, 0.25) is 0 Å². The molecule has 1 aromatic heterocycles. The first kappa shape index (κ1) is 15.5. The molecule has 122 valence electrons. The number of rotatable bonds is 4. The number of esters is 1. The number of carbonyl (C=O) groups excluding carboxylic acids is 1. The van der Waals surface area contributed by atoms with Gasteiger partial charge < -0.3 is 9.64 Å². The van der Waals surface area contributed by atoms with E-state index in [4.69, 9.17) is 4.74 Å². The van der Waals surface area contributed by atoms with Crippen LogP contribution in [0.3, 0.4) is 0 Å². The number of nitrogens with zero attached hydrogens (tertiary/aromatic N) is 2.